The summed E-state index contributed by atoms with van der Waals surface area (Å²) in [7, 11) is 0. The van der Waals surface area contributed by atoms with Gasteiger partial charge in [-0.05, 0) is 18.6 Å². The van der Waals surface area contributed by atoms with Crippen LogP contribution in [-0.2, 0) is 5.75 Å². The van der Waals surface area contributed by atoms with Crippen molar-refractivity contribution in [3.63, 3.8) is 0 Å². The molecule has 1 aromatic heterocycles. The van der Waals surface area contributed by atoms with Crippen LogP contribution < -0.4 is 5.43 Å². The lowest BCUT2D eigenvalue weighted by molar-refractivity contribution is -0.384. The molecule has 1 amide bonds. The number of nitro benzene ring substituents is 1. The van der Waals surface area contributed by atoms with Crippen molar-refractivity contribution in [2.24, 2.45) is 0 Å². The van der Waals surface area contributed by atoms with E-state index in [9.17, 15) is 14.9 Å². The Morgan fingerprint density at radius 1 is 1.26 bits per heavy atom. The second-order valence-electron chi connectivity index (χ2n) is 5.50. The zero-order chi connectivity index (χ0) is 19.4. The van der Waals surface area contributed by atoms with Gasteiger partial charge in [-0.3, -0.25) is 20.3 Å². The number of amides is 1. The summed E-state index contributed by atoms with van der Waals surface area (Å²) in [6.45, 7) is 1.69. The number of carbonyl (C=O) groups excluding carboxylic acids is 1. The minimum absolute atomic E-state index is 0.00187. The van der Waals surface area contributed by atoms with Gasteiger partial charge in [0.2, 0.25) is 5.16 Å². The Bertz CT molecular complexity index is 993. The van der Waals surface area contributed by atoms with Crippen LogP contribution in [0.5, 0.6) is 0 Å². The van der Waals surface area contributed by atoms with Gasteiger partial charge in [-0.15, -0.1) is 10.2 Å². The number of halogens is 1. The van der Waals surface area contributed by atoms with Crippen LogP contribution in [0, 0.1) is 17.0 Å². The van der Waals surface area contributed by atoms with Gasteiger partial charge in [0.15, 0.2) is 0 Å². The van der Waals surface area contributed by atoms with Gasteiger partial charge in [0.25, 0.3) is 11.6 Å². The zero-order valence-electron chi connectivity index (χ0n) is 14.1. The summed E-state index contributed by atoms with van der Waals surface area (Å²) in [6, 6.07) is 13.5. The minimum atomic E-state index is -0.590. The number of nitrogens with one attached hydrogen (secondary N) is 1. The maximum absolute atomic E-state index is 12.6. The van der Waals surface area contributed by atoms with Crippen molar-refractivity contribution in [1.29, 1.82) is 0 Å². The van der Waals surface area contributed by atoms with Gasteiger partial charge in [-0.1, -0.05) is 53.7 Å². The molecule has 3 rings (SSSR count). The van der Waals surface area contributed by atoms with Gasteiger partial charge in [0.1, 0.15) is 5.82 Å². The molecule has 0 fully saturated rings. The maximum Gasteiger partial charge on any atom is 0.271 e. The van der Waals surface area contributed by atoms with E-state index >= 15 is 0 Å². The van der Waals surface area contributed by atoms with Crippen LogP contribution in [0.2, 0.25) is 5.02 Å². The van der Waals surface area contributed by atoms with E-state index in [0.717, 1.165) is 11.6 Å². The predicted octanol–water partition coefficient (Wildman–Crippen LogP) is 3.82. The second-order valence-corrected chi connectivity index (χ2v) is 6.85. The number of hydrogen-bond acceptors (Lipinski definition) is 6. The molecule has 10 heteroatoms. The van der Waals surface area contributed by atoms with Crippen molar-refractivity contribution >= 4 is 35.0 Å². The number of carbonyl (C=O) groups is 1. The van der Waals surface area contributed by atoms with Crippen LogP contribution in [0.1, 0.15) is 21.7 Å². The predicted molar refractivity (Wildman–Crippen MR) is 103 cm³/mol. The fraction of sp³-hybridized carbons (Fsp3) is 0.118. The monoisotopic (exact) mass is 403 g/mol. The molecule has 138 valence electrons. The highest BCUT2D eigenvalue weighted by Gasteiger charge is 2.18. The van der Waals surface area contributed by atoms with Gasteiger partial charge in [0, 0.05) is 17.9 Å². The number of nitrogens with zero attached hydrogens (tertiary/aromatic N) is 4. The third-order valence-corrected chi connectivity index (χ3v) is 4.95. The molecular weight excluding hydrogens is 390 g/mol. The summed E-state index contributed by atoms with van der Waals surface area (Å²) in [5.41, 5.74) is 3.52. The van der Waals surface area contributed by atoms with E-state index in [2.05, 4.69) is 15.6 Å². The third-order valence-electron chi connectivity index (χ3n) is 3.62. The normalized spacial score (nSPS) is 10.6. The quantitative estimate of drug-likeness (QED) is 0.381. The Morgan fingerprint density at radius 2 is 2.00 bits per heavy atom. The Labute approximate surface area is 163 Å². The van der Waals surface area contributed by atoms with Crippen LogP contribution in [0.15, 0.2) is 53.7 Å². The zero-order valence-corrected chi connectivity index (χ0v) is 15.7. The molecule has 0 aliphatic rings. The lowest BCUT2D eigenvalue weighted by atomic mass is 10.2. The highest BCUT2D eigenvalue weighted by atomic mass is 35.5. The van der Waals surface area contributed by atoms with Crippen molar-refractivity contribution in [1.82, 2.24) is 14.9 Å². The van der Waals surface area contributed by atoms with Crippen molar-refractivity contribution in [3.05, 3.63) is 80.6 Å². The van der Waals surface area contributed by atoms with E-state index in [-0.39, 0.29) is 16.3 Å². The van der Waals surface area contributed by atoms with E-state index in [1.807, 2.05) is 30.3 Å². The molecule has 0 saturated carbocycles. The molecule has 0 radical (unpaired) electrons. The fourth-order valence-corrected chi connectivity index (χ4v) is 3.35. The van der Waals surface area contributed by atoms with Crippen LogP contribution >= 0.6 is 23.4 Å². The van der Waals surface area contributed by atoms with Crippen molar-refractivity contribution < 1.29 is 9.72 Å². The smallest absolute Gasteiger partial charge is 0.267 e. The van der Waals surface area contributed by atoms with E-state index in [0.29, 0.717) is 16.7 Å². The Hall–Kier alpha value is -2.91. The first-order valence-corrected chi connectivity index (χ1v) is 9.16. The van der Waals surface area contributed by atoms with E-state index in [1.165, 1.54) is 28.6 Å². The number of non-ortho nitro benzene ring substituents is 1. The summed E-state index contributed by atoms with van der Waals surface area (Å²) >= 11 is 7.43. The lowest BCUT2D eigenvalue weighted by Gasteiger charge is -2.11. The third kappa shape index (κ3) is 4.44. The molecule has 8 nitrogen and oxygen atoms in total. The maximum atomic E-state index is 12.6. The molecule has 27 heavy (non-hydrogen) atoms. The topological polar surface area (TPSA) is 103 Å². The molecule has 1 heterocycles. The average molecular weight is 404 g/mol. The molecule has 0 bridgehead atoms. The molecule has 0 saturated heterocycles. The molecule has 0 aliphatic heterocycles. The lowest BCUT2D eigenvalue weighted by Crippen LogP contribution is -2.25. The number of aromatic nitrogens is 3. The molecule has 0 atom stereocenters. The Balaban J connectivity index is 1.80. The molecule has 2 aromatic carbocycles. The van der Waals surface area contributed by atoms with Gasteiger partial charge in [0.05, 0.1) is 15.5 Å². The number of nitro groups is 1. The van der Waals surface area contributed by atoms with E-state index < -0.39 is 10.8 Å². The summed E-state index contributed by atoms with van der Waals surface area (Å²) in [6.07, 6.45) is 0. The minimum Gasteiger partial charge on any atom is -0.267 e. The van der Waals surface area contributed by atoms with Crippen molar-refractivity contribution in [3.8, 4) is 0 Å². The van der Waals surface area contributed by atoms with Crippen molar-refractivity contribution in [2.45, 2.75) is 17.8 Å². The van der Waals surface area contributed by atoms with Gasteiger partial charge in [-0.2, -0.15) is 0 Å². The first kappa shape index (κ1) is 18.9. The molecular formula is C17H14ClN5O3S. The molecule has 0 unspecified atom stereocenters. The standard InChI is InChI=1S/C17H14ClN5O3S/c1-11-19-20-17(27-10-12-5-3-2-4-6-12)22(11)21-16(24)14-9-13(23(25)26)7-8-15(14)18/h2-9H,10H2,1H3,(H,21,24). The highest BCUT2D eigenvalue weighted by Crippen LogP contribution is 2.24. The Kier molecular flexibility index (Phi) is 5.72. The summed E-state index contributed by atoms with van der Waals surface area (Å²) in [5, 5.41) is 19.6. The van der Waals surface area contributed by atoms with Crippen LogP contribution in [0.25, 0.3) is 0 Å². The Morgan fingerprint density at radius 3 is 2.70 bits per heavy atom. The number of benzene rings is 2. The number of aryl methyl sites for hydroxylation is 1. The largest absolute Gasteiger partial charge is 0.271 e. The number of rotatable bonds is 6. The molecule has 3 aromatic rings. The van der Waals surface area contributed by atoms with Gasteiger partial charge >= 0.3 is 0 Å². The van der Waals surface area contributed by atoms with Crippen LogP contribution in [-0.4, -0.2) is 25.7 Å². The molecule has 0 aliphatic carbocycles. The SMILES string of the molecule is Cc1nnc(SCc2ccccc2)n1NC(=O)c1cc([N+](=O)[O-])ccc1Cl. The fourth-order valence-electron chi connectivity index (χ4n) is 2.25. The van der Waals surface area contributed by atoms with E-state index in [1.54, 1.807) is 6.92 Å². The highest BCUT2D eigenvalue weighted by molar-refractivity contribution is 7.98. The summed E-state index contributed by atoms with van der Waals surface area (Å²) < 4.78 is 1.44. The summed E-state index contributed by atoms with van der Waals surface area (Å²) in [4.78, 5) is 22.9. The number of thioether (sulfide) groups is 1. The first-order valence-electron chi connectivity index (χ1n) is 7.79. The molecule has 1 N–H and O–H groups in total. The second kappa shape index (κ2) is 8.19. The van der Waals surface area contributed by atoms with Crippen LogP contribution in [0.3, 0.4) is 0 Å². The van der Waals surface area contributed by atoms with E-state index in [4.69, 9.17) is 11.6 Å². The molecule has 0 spiro atoms. The first-order chi connectivity index (χ1) is 13.0. The van der Waals surface area contributed by atoms with Gasteiger partial charge < -0.3 is 0 Å². The average Bonchev–Trinajstić information content (AvgIpc) is 3.00. The van der Waals surface area contributed by atoms with Crippen molar-refractivity contribution in [2.75, 3.05) is 5.43 Å². The summed E-state index contributed by atoms with van der Waals surface area (Å²) in [5.74, 6) is 0.528. The number of hydrogen-bond donors (Lipinski definition) is 1. The van der Waals surface area contributed by atoms with Crippen LogP contribution in [0.4, 0.5) is 5.69 Å². The van der Waals surface area contributed by atoms with Gasteiger partial charge in [-0.25, -0.2) is 4.68 Å².